The number of nitrogens with one attached hydrogen (secondary N) is 1. The van der Waals surface area contributed by atoms with Gasteiger partial charge in [0.1, 0.15) is 11.5 Å². The number of likely N-dealkylation sites (tertiary alicyclic amines) is 1. The summed E-state index contributed by atoms with van der Waals surface area (Å²) in [5.74, 6) is 1.39. The van der Waals surface area contributed by atoms with E-state index in [1.54, 1.807) is 31.3 Å². The van der Waals surface area contributed by atoms with Gasteiger partial charge in [0.05, 0.1) is 45.1 Å². The molecule has 9 heteroatoms. The Kier molecular flexibility index (Phi) is 7.69. The summed E-state index contributed by atoms with van der Waals surface area (Å²) in [7, 11) is 6.16. The van der Waals surface area contributed by atoms with Crippen molar-refractivity contribution < 1.29 is 28.5 Å². The van der Waals surface area contributed by atoms with E-state index in [1.165, 1.54) is 14.2 Å². The van der Waals surface area contributed by atoms with Crippen LogP contribution in [0.3, 0.4) is 0 Å². The molecule has 0 aromatic heterocycles. The number of halogens is 1. The Morgan fingerprint density at radius 1 is 1.00 bits per heavy atom. The van der Waals surface area contributed by atoms with Gasteiger partial charge in [-0.3, -0.25) is 9.59 Å². The molecule has 1 saturated heterocycles. The molecule has 1 aliphatic heterocycles. The van der Waals surface area contributed by atoms with Gasteiger partial charge >= 0.3 is 0 Å². The van der Waals surface area contributed by atoms with E-state index in [-0.39, 0.29) is 18.2 Å². The fourth-order valence-electron chi connectivity index (χ4n) is 3.66. The normalized spacial score (nSPS) is 15.5. The molecule has 172 valence electrons. The van der Waals surface area contributed by atoms with Crippen molar-refractivity contribution in [2.75, 3.05) is 46.8 Å². The van der Waals surface area contributed by atoms with Crippen LogP contribution in [0.25, 0.3) is 0 Å². The van der Waals surface area contributed by atoms with Crippen molar-refractivity contribution >= 4 is 29.1 Å². The monoisotopic (exact) mass is 462 g/mol. The maximum atomic E-state index is 12.8. The lowest BCUT2D eigenvalue weighted by Crippen LogP contribution is -2.30. The average molecular weight is 463 g/mol. The minimum Gasteiger partial charge on any atom is -0.495 e. The van der Waals surface area contributed by atoms with Crippen molar-refractivity contribution in [1.82, 2.24) is 4.90 Å². The molecule has 1 fully saturated rings. The Hall–Kier alpha value is -3.13. The zero-order valence-electron chi connectivity index (χ0n) is 18.6. The summed E-state index contributed by atoms with van der Waals surface area (Å²) in [6.07, 6.45) is 0.798. The van der Waals surface area contributed by atoms with Gasteiger partial charge in [-0.1, -0.05) is 17.7 Å². The Labute approximate surface area is 192 Å². The summed E-state index contributed by atoms with van der Waals surface area (Å²) in [6.45, 7) is 0.861. The van der Waals surface area contributed by atoms with Crippen molar-refractivity contribution in [3.05, 3.63) is 40.9 Å². The van der Waals surface area contributed by atoms with E-state index in [2.05, 4.69) is 5.32 Å². The number of carbonyl (C=O) groups excluding carboxylic acids is 2. The molecule has 1 aliphatic rings. The van der Waals surface area contributed by atoms with Crippen LogP contribution in [0.15, 0.2) is 30.3 Å². The van der Waals surface area contributed by atoms with Crippen LogP contribution in [0, 0.1) is 5.92 Å². The number of methoxy groups -OCH3 is 4. The smallest absolute Gasteiger partial charge is 0.229 e. The minimum absolute atomic E-state index is 0.0506. The molecule has 2 aromatic rings. The van der Waals surface area contributed by atoms with Gasteiger partial charge in [-0.15, -0.1) is 0 Å². The van der Waals surface area contributed by atoms with Crippen molar-refractivity contribution in [2.24, 2.45) is 5.92 Å². The lowest BCUT2D eigenvalue weighted by Gasteiger charge is -2.18. The first-order valence-corrected chi connectivity index (χ1v) is 10.5. The van der Waals surface area contributed by atoms with Gasteiger partial charge in [-0.25, -0.2) is 0 Å². The first kappa shape index (κ1) is 23.5. The number of anilines is 1. The van der Waals surface area contributed by atoms with Crippen LogP contribution in [-0.4, -0.2) is 58.2 Å². The maximum Gasteiger partial charge on any atom is 0.229 e. The Morgan fingerprint density at radius 2 is 1.69 bits per heavy atom. The molecule has 0 radical (unpaired) electrons. The van der Waals surface area contributed by atoms with Crippen LogP contribution in [-0.2, 0) is 16.0 Å². The van der Waals surface area contributed by atoms with Crippen molar-refractivity contribution in [3.63, 3.8) is 0 Å². The predicted molar refractivity (Wildman–Crippen MR) is 121 cm³/mol. The third-order valence-corrected chi connectivity index (χ3v) is 5.73. The van der Waals surface area contributed by atoms with E-state index in [0.717, 1.165) is 5.56 Å². The highest BCUT2D eigenvalue weighted by atomic mass is 35.5. The quantitative estimate of drug-likeness (QED) is 0.614. The number of hydrogen-bond donors (Lipinski definition) is 1. The van der Waals surface area contributed by atoms with Crippen LogP contribution >= 0.6 is 11.6 Å². The van der Waals surface area contributed by atoms with E-state index >= 15 is 0 Å². The highest BCUT2D eigenvalue weighted by Gasteiger charge is 2.34. The summed E-state index contributed by atoms with van der Waals surface area (Å²) in [4.78, 5) is 27.0. The van der Waals surface area contributed by atoms with Crippen LogP contribution in [0.2, 0.25) is 5.02 Å². The summed E-state index contributed by atoms with van der Waals surface area (Å²) < 4.78 is 21.1. The van der Waals surface area contributed by atoms with Gasteiger partial charge in [0.2, 0.25) is 11.8 Å². The van der Waals surface area contributed by atoms with Crippen molar-refractivity contribution in [1.29, 1.82) is 0 Å². The highest BCUT2D eigenvalue weighted by molar-refractivity contribution is 6.32. The number of ether oxygens (including phenoxy) is 4. The number of carbonyl (C=O) groups is 2. The number of hydrogen-bond acceptors (Lipinski definition) is 6. The summed E-state index contributed by atoms with van der Waals surface area (Å²) in [5, 5.41) is 3.17. The first-order chi connectivity index (χ1) is 15.4. The van der Waals surface area contributed by atoms with E-state index in [9.17, 15) is 9.59 Å². The largest absolute Gasteiger partial charge is 0.495 e. The number of benzene rings is 2. The third kappa shape index (κ3) is 5.19. The van der Waals surface area contributed by atoms with Gasteiger partial charge in [0.25, 0.3) is 0 Å². The van der Waals surface area contributed by atoms with Crippen LogP contribution in [0.4, 0.5) is 5.69 Å². The molecule has 32 heavy (non-hydrogen) atoms. The number of amides is 2. The summed E-state index contributed by atoms with van der Waals surface area (Å²) >= 11 is 6.18. The van der Waals surface area contributed by atoms with Gasteiger partial charge in [0.15, 0.2) is 11.5 Å². The topological polar surface area (TPSA) is 86.3 Å². The summed E-state index contributed by atoms with van der Waals surface area (Å²) in [6, 6.07) is 8.84. The zero-order valence-corrected chi connectivity index (χ0v) is 19.3. The minimum atomic E-state index is -0.460. The lowest BCUT2D eigenvalue weighted by molar-refractivity contribution is -0.128. The molecule has 0 spiro atoms. The molecular formula is C23H27ClN2O6. The molecule has 0 aliphatic carbocycles. The molecule has 1 unspecified atom stereocenters. The molecule has 8 nitrogen and oxygen atoms in total. The Balaban J connectivity index is 1.62. The van der Waals surface area contributed by atoms with Gasteiger partial charge in [0, 0.05) is 25.6 Å². The molecule has 0 bridgehead atoms. The molecule has 3 rings (SSSR count). The number of rotatable bonds is 9. The zero-order chi connectivity index (χ0) is 23.3. The Morgan fingerprint density at radius 3 is 2.34 bits per heavy atom. The fraction of sp³-hybridized carbons (Fsp3) is 0.391. The maximum absolute atomic E-state index is 12.8. The predicted octanol–water partition coefficient (Wildman–Crippen LogP) is 3.40. The second kappa shape index (κ2) is 10.5. The van der Waals surface area contributed by atoms with Crippen LogP contribution in [0.1, 0.15) is 12.0 Å². The SMILES string of the molecule is COc1cc(OC)c(NC(=O)C2CC(=O)N(CCc3ccc(OC)c(OC)c3)C2)cc1Cl. The molecule has 0 saturated carbocycles. The second-order valence-electron chi connectivity index (χ2n) is 7.36. The first-order valence-electron chi connectivity index (χ1n) is 10.1. The van der Waals surface area contributed by atoms with Gasteiger partial charge in [-0.05, 0) is 30.2 Å². The van der Waals surface area contributed by atoms with E-state index in [0.29, 0.717) is 53.2 Å². The highest BCUT2D eigenvalue weighted by Crippen LogP contribution is 2.36. The molecule has 1 heterocycles. The molecule has 1 N–H and O–H groups in total. The fourth-order valence-corrected chi connectivity index (χ4v) is 3.90. The second-order valence-corrected chi connectivity index (χ2v) is 7.76. The Bertz CT molecular complexity index is 997. The van der Waals surface area contributed by atoms with Gasteiger partial charge < -0.3 is 29.2 Å². The molecule has 2 aromatic carbocycles. The van der Waals surface area contributed by atoms with Crippen molar-refractivity contribution in [3.8, 4) is 23.0 Å². The van der Waals surface area contributed by atoms with E-state index < -0.39 is 5.92 Å². The molecular weight excluding hydrogens is 436 g/mol. The molecule has 2 amide bonds. The van der Waals surface area contributed by atoms with Crippen LogP contribution < -0.4 is 24.3 Å². The lowest BCUT2D eigenvalue weighted by atomic mass is 10.1. The van der Waals surface area contributed by atoms with Crippen LogP contribution in [0.5, 0.6) is 23.0 Å². The third-order valence-electron chi connectivity index (χ3n) is 5.44. The standard InChI is InChI=1S/C23H27ClN2O6/c1-29-18-6-5-14(9-21(18)32-4)7-8-26-13-15(10-22(26)27)23(28)25-17-11-16(24)19(30-2)12-20(17)31-3/h5-6,9,11-12,15H,7-8,10,13H2,1-4H3,(H,25,28). The van der Waals surface area contributed by atoms with Gasteiger partial charge in [-0.2, -0.15) is 0 Å². The molecule has 1 atom stereocenters. The van der Waals surface area contributed by atoms with E-state index in [4.69, 9.17) is 30.5 Å². The average Bonchev–Trinajstić information content (AvgIpc) is 3.18. The summed E-state index contributed by atoms with van der Waals surface area (Å²) in [5.41, 5.74) is 1.44. The number of nitrogens with zero attached hydrogens (tertiary/aromatic N) is 1. The van der Waals surface area contributed by atoms with E-state index in [1.807, 2.05) is 18.2 Å². The van der Waals surface area contributed by atoms with Crippen molar-refractivity contribution in [2.45, 2.75) is 12.8 Å².